The highest BCUT2D eigenvalue weighted by atomic mass is 35.5. The lowest BCUT2D eigenvalue weighted by molar-refractivity contribution is -0.394. The van der Waals surface area contributed by atoms with E-state index in [9.17, 15) is 29.8 Å². The second kappa shape index (κ2) is 12.7. The normalized spacial score (nSPS) is 18.6. The molecule has 3 aromatic carbocycles. The Hall–Kier alpha value is -4.61. The SMILES string of the molecule is O=C(Cc1ccc([N+](=O)[O-])cc1[N+](=O)[O-])OCC(=O)N1N=C2C(=Cc3ccc(Cl)cc3)CCCC2C1c1ccc(Cl)cc1. The average molecular weight is 623 g/mol. The number of amides is 1. The summed E-state index contributed by atoms with van der Waals surface area (Å²) in [6.45, 7) is -0.649. The fraction of sp³-hybridized carbons (Fsp3) is 0.233. The third-order valence-electron chi connectivity index (χ3n) is 7.35. The maximum atomic E-state index is 13.5. The minimum Gasteiger partial charge on any atom is -0.455 e. The Morgan fingerprint density at radius 2 is 1.65 bits per heavy atom. The van der Waals surface area contributed by atoms with E-state index in [0.29, 0.717) is 10.0 Å². The van der Waals surface area contributed by atoms with Crippen LogP contribution in [0.15, 0.2) is 77.4 Å². The molecule has 1 saturated carbocycles. The Bertz CT molecular complexity index is 1660. The number of non-ortho nitro benzene ring substituents is 1. The fourth-order valence-electron chi connectivity index (χ4n) is 5.36. The molecule has 2 unspecified atom stereocenters. The predicted octanol–water partition coefficient (Wildman–Crippen LogP) is 6.72. The molecule has 2 atom stereocenters. The Balaban J connectivity index is 1.37. The van der Waals surface area contributed by atoms with E-state index < -0.39 is 52.2 Å². The first-order chi connectivity index (χ1) is 20.6. The molecule has 13 heteroatoms. The molecule has 0 spiro atoms. The van der Waals surface area contributed by atoms with Crippen molar-refractivity contribution in [2.75, 3.05) is 6.61 Å². The van der Waals surface area contributed by atoms with E-state index in [4.69, 9.17) is 33.0 Å². The van der Waals surface area contributed by atoms with Crippen molar-refractivity contribution < 1.29 is 24.2 Å². The third kappa shape index (κ3) is 6.73. The Morgan fingerprint density at radius 1 is 0.977 bits per heavy atom. The van der Waals surface area contributed by atoms with Gasteiger partial charge in [-0.3, -0.25) is 29.8 Å². The number of esters is 1. The standard InChI is InChI=1S/C30H24Cl2N4O7/c31-22-9-4-18(5-10-22)14-21-2-1-3-25-29(21)33-34(30(25)19-6-11-23(32)12-7-19)27(37)17-43-28(38)15-20-8-13-24(35(39)40)16-26(20)36(41)42/h4-14,16,25,30H,1-3,15,17H2. The van der Waals surface area contributed by atoms with Crippen molar-refractivity contribution in [2.24, 2.45) is 11.0 Å². The average Bonchev–Trinajstić information content (AvgIpc) is 3.38. The summed E-state index contributed by atoms with van der Waals surface area (Å²) in [6, 6.07) is 17.1. The van der Waals surface area contributed by atoms with Crippen LogP contribution in [0.25, 0.3) is 6.08 Å². The van der Waals surface area contributed by atoms with Crippen molar-refractivity contribution in [2.45, 2.75) is 31.7 Å². The maximum absolute atomic E-state index is 13.5. The monoisotopic (exact) mass is 622 g/mol. The molecule has 0 N–H and O–H groups in total. The first kappa shape index (κ1) is 29.9. The van der Waals surface area contributed by atoms with Crippen LogP contribution >= 0.6 is 23.2 Å². The number of hydrogen-bond acceptors (Lipinski definition) is 8. The molecule has 1 heterocycles. The van der Waals surface area contributed by atoms with Crippen molar-refractivity contribution in [3.8, 4) is 0 Å². The lowest BCUT2D eigenvalue weighted by Crippen LogP contribution is -2.34. The topological polar surface area (TPSA) is 145 Å². The summed E-state index contributed by atoms with van der Waals surface area (Å²) in [5, 5.41) is 29.7. The second-order valence-electron chi connectivity index (χ2n) is 10.1. The largest absolute Gasteiger partial charge is 0.455 e. The molecule has 0 aromatic heterocycles. The Kier molecular flexibility index (Phi) is 8.84. The van der Waals surface area contributed by atoms with Gasteiger partial charge in [0.1, 0.15) is 0 Å². The van der Waals surface area contributed by atoms with E-state index in [1.807, 2.05) is 30.3 Å². The molecule has 11 nitrogen and oxygen atoms in total. The van der Waals surface area contributed by atoms with E-state index in [1.54, 1.807) is 24.3 Å². The molecule has 1 amide bonds. The van der Waals surface area contributed by atoms with Crippen molar-refractivity contribution in [3.63, 3.8) is 0 Å². The summed E-state index contributed by atoms with van der Waals surface area (Å²) in [5.74, 6) is -1.57. The van der Waals surface area contributed by atoms with Crippen LogP contribution in [-0.4, -0.2) is 39.1 Å². The number of hydrogen-bond donors (Lipinski definition) is 0. The van der Waals surface area contributed by atoms with Gasteiger partial charge in [0.05, 0.1) is 34.1 Å². The molecule has 0 bridgehead atoms. The van der Waals surface area contributed by atoms with Crippen LogP contribution in [0, 0.1) is 26.1 Å². The van der Waals surface area contributed by atoms with Crippen LogP contribution < -0.4 is 0 Å². The van der Waals surface area contributed by atoms with Crippen molar-refractivity contribution in [3.05, 3.63) is 119 Å². The number of nitro groups is 2. The Morgan fingerprint density at radius 3 is 2.30 bits per heavy atom. The zero-order chi connectivity index (χ0) is 30.7. The van der Waals surface area contributed by atoms with Gasteiger partial charge in [0.15, 0.2) is 6.61 Å². The quantitative estimate of drug-likeness (QED) is 0.154. The summed E-state index contributed by atoms with van der Waals surface area (Å²) in [4.78, 5) is 47.0. The van der Waals surface area contributed by atoms with Crippen LogP contribution in [0.4, 0.5) is 11.4 Å². The summed E-state index contributed by atoms with van der Waals surface area (Å²) in [5.41, 5.74) is 2.41. The minimum atomic E-state index is -0.902. The van der Waals surface area contributed by atoms with Crippen LogP contribution in [-0.2, 0) is 20.7 Å². The van der Waals surface area contributed by atoms with E-state index in [0.717, 1.165) is 59.9 Å². The number of nitro benzene ring substituents is 2. The Labute approximate surface area is 255 Å². The number of benzene rings is 3. The number of rotatable bonds is 8. The smallest absolute Gasteiger partial charge is 0.311 e. The van der Waals surface area contributed by atoms with Gasteiger partial charge in [-0.1, -0.05) is 47.5 Å². The lowest BCUT2D eigenvalue weighted by atomic mass is 9.77. The minimum absolute atomic E-state index is 0.0727. The summed E-state index contributed by atoms with van der Waals surface area (Å²) < 4.78 is 5.22. The zero-order valence-electron chi connectivity index (χ0n) is 22.5. The molecular weight excluding hydrogens is 599 g/mol. The molecule has 1 aliphatic heterocycles. The molecular formula is C30H24Cl2N4O7. The van der Waals surface area contributed by atoms with Gasteiger partial charge in [-0.25, -0.2) is 5.01 Å². The van der Waals surface area contributed by atoms with Gasteiger partial charge in [0, 0.05) is 27.6 Å². The van der Waals surface area contributed by atoms with Crippen molar-refractivity contribution >= 4 is 58.2 Å². The molecule has 0 saturated heterocycles. The molecule has 43 heavy (non-hydrogen) atoms. The van der Waals surface area contributed by atoms with Crippen molar-refractivity contribution in [1.82, 2.24) is 5.01 Å². The van der Waals surface area contributed by atoms with Gasteiger partial charge in [-0.15, -0.1) is 0 Å². The molecule has 5 rings (SSSR count). The van der Waals surface area contributed by atoms with Crippen LogP contribution in [0.1, 0.15) is 42.0 Å². The van der Waals surface area contributed by atoms with E-state index in [2.05, 4.69) is 0 Å². The number of halogens is 2. The highest BCUT2D eigenvalue weighted by Gasteiger charge is 2.44. The number of fused-ring (bicyclic) bond motifs is 1. The summed E-state index contributed by atoms with van der Waals surface area (Å²) in [6.07, 6.45) is 3.94. The fourth-order valence-corrected chi connectivity index (χ4v) is 5.61. The zero-order valence-corrected chi connectivity index (χ0v) is 24.0. The van der Waals surface area contributed by atoms with Gasteiger partial charge in [0.2, 0.25) is 0 Å². The highest BCUT2D eigenvalue weighted by molar-refractivity contribution is 6.30. The first-order valence-electron chi connectivity index (χ1n) is 13.3. The number of carbonyl (C=O) groups is 2. The van der Waals surface area contributed by atoms with Crippen LogP contribution in [0.3, 0.4) is 0 Å². The summed E-state index contributed by atoms with van der Waals surface area (Å²) in [7, 11) is 0. The van der Waals surface area contributed by atoms with Crippen LogP contribution in [0.2, 0.25) is 10.0 Å². The van der Waals surface area contributed by atoms with E-state index in [1.165, 1.54) is 5.01 Å². The van der Waals surface area contributed by atoms with E-state index in [-0.39, 0.29) is 11.5 Å². The van der Waals surface area contributed by atoms with Gasteiger partial charge < -0.3 is 4.74 Å². The number of allylic oxidation sites excluding steroid dienone is 1. The lowest BCUT2D eigenvalue weighted by Gasteiger charge is -2.29. The van der Waals surface area contributed by atoms with Gasteiger partial charge in [0.25, 0.3) is 17.3 Å². The van der Waals surface area contributed by atoms with Gasteiger partial charge in [-0.2, -0.15) is 5.10 Å². The van der Waals surface area contributed by atoms with Gasteiger partial charge >= 0.3 is 5.97 Å². The highest BCUT2D eigenvalue weighted by Crippen LogP contribution is 2.44. The predicted molar refractivity (Wildman–Crippen MR) is 160 cm³/mol. The van der Waals surface area contributed by atoms with Crippen molar-refractivity contribution in [1.29, 1.82) is 0 Å². The van der Waals surface area contributed by atoms with Gasteiger partial charge in [-0.05, 0) is 72.4 Å². The second-order valence-corrected chi connectivity index (χ2v) is 11.0. The van der Waals surface area contributed by atoms with E-state index >= 15 is 0 Å². The molecule has 220 valence electrons. The molecule has 2 aliphatic rings. The van der Waals surface area contributed by atoms with Crippen LogP contribution in [0.5, 0.6) is 0 Å². The number of nitrogens with zero attached hydrogens (tertiary/aromatic N) is 4. The molecule has 1 aliphatic carbocycles. The number of carbonyl (C=O) groups excluding carboxylic acids is 2. The first-order valence-corrected chi connectivity index (χ1v) is 14.1. The molecule has 1 fully saturated rings. The number of hydrazone groups is 1. The molecule has 3 aromatic rings. The third-order valence-corrected chi connectivity index (χ3v) is 7.85. The maximum Gasteiger partial charge on any atom is 0.311 e. The molecule has 0 radical (unpaired) electrons. The number of ether oxygens (including phenoxy) is 1. The summed E-state index contributed by atoms with van der Waals surface area (Å²) >= 11 is 12.2.